The number of halogens is 2. The van der Waals surface area contributed by atoms with Gasteiger partial charge in [-0.25, -0.2) is 4.39 Å². The van der Waals surface area contributed by atoms with Crippen molar-refractivity contribution < 1.29 is 23.5 Å². The normalized spacial score (nSPS) is 13.8. The molecular formula is C19H16ClFN4O4. The Balaban J connectivity index is 1.55. The molecule has 1 amide bonds. The fourth-order valence-corrected chi connectivity index (χ4v) is 3.01. The highest BCUT2D eigenvalue weighted by Crippen LogP contribution is 2.30. The molecule has 10 heteroatoms. The smallest absolute Gasteiger partial charge is 0.272 e. The van der Waals surface area contributed by atoms with Crippen molar-refractivity contribution in [2.45, 2.75) is 6.10 Å². The van der Waals surface area contributed by atoms with Gasteiger partial charge in [0.2, 0.25) is 0 Å². The number of rotatable bonds is 6. The number of benzene rings is 1. The summed E-state index contributed by atoms with van der Waals surface area (Å²) in [6.07, 6.45) is 4.17. The van der Waals surface area contributed by atoms with E-state index in [0.29, 0.717) is 18.9 Å². The monoisotopic (exact) mass is 418 g/mol. The molecule has 0 atom stereocenters. The zero-order valence-electron chi connectivity index (χ0n) is 15.2. The van der Waals surface area contributed by atoms with Gasteiger partial charge in [0.05, 0.1) is 35.7 Å². The number of hydrogen-bond acceptors (Lipinski definition) is 5. The Hall–Kier alpha value is -3.17. The number of anilines is 1. The predicted molar refractivity (Wildman–Crippen MR) is 102 cm³/mol. The van der Waals surface area contributed by atoms with Crippen molar-refractivity contribution in [2.24, 2.45) is 7.05 Å². The first-order chi connectivity index (χ1) is 13.9. The summed E-state index contributed by atoms with van der Waals surface area (Å²) in [5, 5.41) is 6.55. The highest BCUT2D eigenvalue weighted by atomic mass is 35.5. The molecule has 0 bridgehead atoms. The molecule has 1 aromatic carbocycles. The molecule has 0 unspecified atom stereocenters. The molecular weight excluding hydrogens is 403 g/mol. The third kappa shape index (κ3) is 3.87. The minimum atomic E-state index is -0.850. The second-order valence-corrected chi connectivity index (χ2v) is 6.91. The Morgan fingerprint density at radius 2 is 2.21 bits per heavy atom. The number of nitrogens with one attached hydrogen (secondary N) is 2. The Bertz CT molecular complexity index is 1090. The molecule has 0 saturated carbocycles. The molecule has 8 nitrogen and oxygen atoms in total. The van der Waals surface area contributed by atoms with E-state index in [9.17, 15) is 14.0 Å². The predicted octanol–water partition coefficient (Wildman–Crippen LogP) is 2.80. The van der Waals surface area contributed by atoms with Crippen LogP contribution in [0.3, 0.4) is 0 Å². The van der Waals surface area contributed by atoms with Crippen LogP contribution in [0.4, 0.5) is 10.1 Å². The van der Waals surface area contributed by atoms with Crippen LogP contribution < -0.4 is 10.1 Å². The fourth-order valence-electron chi connectivity index (χ4n) is 2.78. The minimum Gasteiger partial charge on any atom is -0.482 e. The molecule has 4 rings (SSSR count). The molecule has 1 saturated heterocycles. The molecule has 29 heavy (non-hydrogen) atoms. The van der Waals surface area contributed by atoms with Crippen LogP contribution in [-0.2, 0) is 11.8 Å². The highest BCUT2D eigenvalue weighted by molar-refractivity contribution is 6.35. The Morgan fingerprint density at radius 1 is 1.41 bits per heavy atom. The standard InChI is InChI=1S/C19H16ClFN4O4/c1-25-7-11(6-23-25)24-19(27)14-4-10(5-22-14)18(26)16-13(20)2-3-15(17(16)21)29-12-8-28-9-12/h2-7,12,22H,8-9H2,1H3,(H,24,27). The second kappa shape index (κ2) is 7.69. The quantitative estimate of drug-likeness (QED) is 0.600. The SMILES string of the molecule is Cn1cc(NC(=O)c2cc(C(=O)c3c(Cl)ccc(OC4COC4)c3F)c[nH]2)cn1. The van der Waals surface area contributed by atoms with Crippen LogP contribution in [0.2, 0.25) is 5.02 Å². The lowest BCUT2D eigenvalue weighted by molar-refractivity contribution is -0.0809. The molecule has 150 valence electrons. The molecule has 3 heterocycles. The lowest BCUT2D eigenvalue weighted by Crippen LogP contribution is -2.38. The molecule has 2 aromatic heterocycles. The number of nitrogens with zero attached hydrogens (tertiary/aromatic N) is 2. The first-order valence-corrected chi connectivity index (χ1v) is 9.05. The number of ketones is 1. The van der Waals surface area contributed by atoms with Crippen molar-refractivity contribution in [3.63, 3.8) is 0 Å². The topological polar surface area (TPSA) is 98.2 Å². The third-order valence-electron chi connectivity index (χ3n) is 4.34. The lowest BCUT2D eigenvalue weighted by atomic mass is 10.0. The number of hydrogen-bond donors (Lipinski definition) is 2. The van der Waals surface area contributed by atoms with Crippen molar-refractivity contribution in [1.82, 2.24) is 14.8 Å². The fraction of sp³-hybridized carbons (Fsp3) is 0.211. The second-order valence-electron chi connectivity index (χ2n) is 6.50. The molecule has 2 N–H and O–H groups in total. The summed E-state index contributed by atoms with van der Waals surface area (Å²) in [5.74, 6) is -2.06. The average Bonchev–Trinajstić information content (AvgIpc) is 3.29. The van der Waals surface area contributed by atoms with E-state index >= 15 is 0 Å². The maximum absolute atomic E-state index is 14.9. The van der Waals surface area contributed by atoms with Gasteiger partial charge in [0.25, 0.3) is 5.91 Å². The molecule has 0 aliphatic carbocycles. The summed E-state index contributed by atoms with van der Waals surface area (Å²) in [4.78, 5) is 27.9. The maximum atomic E-state index is 14.9. The number of amides is 1. The number of aryl methyl sites for hydroxylation is 1. The van der Waals surface area contributed by atoms with E-state index in [1.165, 1.54) is 35.3 Å². The van der Waals surface area contributed by atoms with Crippen LogP contribution in [0.5, 0.6) is 5.75 Å². The van der Waals surface area contributed by atoms with Crippen molar-refractivity contribution in [1.29, 1.82) is 0 Å². The first kappa shape index (κ1) is 19.2. The van der Waals surface area contributed by atoms with Crippen molar-refractivity contribution in [2.75, 3.05) is 18.5 Å². The van der Waals surface area contributed by atoms with Gasteiger partial charge in [-0.15, -0.1) is 0 Å². The Kier molecular flexibility index (Phi) is 5.08. The summed E-state index contributed by atoms with van der Waals surface area (Å²) in [6, 6.07) is 4.10. The van der Waals surface area contributed by atoms with Gasteiger partial charge < -0.3 is 19.8 Å². The zero-order valence-corrected chi connectivity index (χ0v) is 16.0. The number of ether oxygens (including phenoxy) is 2. The summed E-state index contributed by atoms with van der Waals surface area (Å²) < 4.78 is 26.9. The first-order valence-electron chi connectivity index (χ1n) is 8.68. The number of aromatic amines is 1. The molecule has 0 spiro atoms. The van der Waals surface area contributed by atoms with E-state index in [-0.39, 0.29) is 33.7 Å². The highest BCUT2D eigenvalue weighted by Gasteiger charge is 2.26. The van der Waals surface area contributed by atoms with Crippen molar-refractivity contribution >= 4 is 29.0 Å². The number of carbonyl (C=O) groups is 2. The number of H-pyrrole nitrogens is 1. The summed E-state index contributed by atoms with van der Waals surface area (Å²) in [5.41, 5.74) is 0.403. The van der Waals surface area contributed by atoms with E-state index in [0.717, 1.165) is 0 Å². The van der Waals surface area contributed by atoms with Crippen LogP contribution in [0.1, 0.15) is 26.4 Å². The Labute approximate surface area is 169 Å². The summed E-state index contributed by atoms with van der Waals surface area (Å²) >= 11 is 6.07. The average molecular weight is 419 g/mol. The number of aromatic nitrogens is 3. The van der Waals surface area contributed by atoms with E-state index in [1.54, 1.807) is 13.2 Å². The van der Waals surface area contributed by atoms with E-state index < -0.39 is 17.5 Å². The third-order valence-corrected chi connectivity index (χ3v) is 4.65. The minimum absolute atomic E-state index is 0.0488. The van der Waals surface area contributed by atoms with Crippen LogP contribution in [0.15, 0.2) is 36.8 Å². The van der Waals surface area contributed by atoms with Gasteiger partial charge in [-0.2, -0.15) is 5.10 Å². The largest absolute Gasteiger partial charge is 0.482 e. The lowest BCUT2D eigenvalue weighted by Gasteiger charge is -2.27. The van der Waals surface area contributed by atoms with Crippen LogP contribution >= 0.6 is 11.6 Å². The van der Waals surface area contributed by atoms with Crippen LogP contribution in [0, 0.1) is 5.82 Å². The molecule has 3 aromatic rings. The number of carbonyl (C=O) groups excluding carboxylic acids is 2. The maximum Gasteiger partial charge on any atom is 0.272 e. The van der Waals surface area contributed by atoms with Gasteiger partial charge in [-0.3, -0.25) is 14.3 Å². The van der Waals surface area contributed by atoms with E-state index in [2.05, 4.69) is 15.4 Å². The van der Waals surface area contributed by atoms with Gasteiger partial charge in [-0.05, 0) is 18.2 Å². The van der Waals surface area contributed by atoms with Crippen LogP contribution in [-0.4, -0.2) is 45.8 Å². The van der Waals surface area contributed by atoms with Gasteiger partial charge in [0.1, 0.15) is 11.8 Å². The summed E-state index contributed by atoms with van der Waals surface area (Å²) in [6.45, 7) is 0.719. The zero-order chi connectivity index (χ0) is 20.5. The van der Waals surface area contributed by atoms with E-state index in [1.807, 2.05) is 0 Å². The molecule has 1 aliphatic rings. The summed E-state index contributed by atoms with van der Waals surface area (Å²) in [7, 11) is 1.72. The van der Waals surface area contributed by atoms with Gasteiger partial charge >= 0.3 is 0 Å². The molecule has 1 fully saturated rings. The van der Waals surface area contributed by atoms with Crippen molar-refractivity contribution in [3.8, 4) is 5.75 Å². The van der Waals surface area contributed by atoms with Crippen molar-refractivity contribution in [3.05, 3.63) is 64.5 Å². The molecule has 1 aliphatic heterocycles. The van der Waals surface area contributed by atoms with E-state index in [4.69, 9.17) is 21.1 Å². The van der Waals surface area contributed by atoms with Gasteiger partial charge in [0, 0.05) is 25.0 Å². The molecule has 0 radical (unpaired) electrons. The van der Waals surface area contributed by atoms with Gasteiger partial charge in [-0.1, -0.05) is 11.6 Å². The van der Waals surface area contributed by atoms with Gasteiger partial charge in [0.15, 0.2) is 17.3 Å². The van der Waals surface area contributed by atoms with Crippen LogP contribution in [0.25, 0.3) is 0 Å². The Morgan fingerprint density at radius 3 is 2.86 bits per heavy atom.